The smallest absolute Gasteiger partial charge is 0.227 e. The molecule has 1 aliphatic rings. The standard InChI is InChI=1S/C13H17ClN2O/c1-9(10-2-4-11(14)5-3-10)16-12(17)13(8-15)6-7-13/h2-5,9H,6-8,15H2,1H3,(H,16,17). The van der Waals surface area contributed by atoms with Crippen molar-refractivity contribution in [1.29, 1.82) is 0 Å². The second kappa shape index (κ2) is 4.67. The Bertz CT molecular complexity index is 412. The lowest BCUT2D eigenvalue weighted by atomic mass is 10.0. The molecule has 1 aromatic carbocycles. The van der Waals surface area contributed by atoms with E-state index in [0.29, 0.717) is 11.6 Å². The van der Waals surface area contributed by atoms with Gasteiger partial charge < -0.3 is 11.1 Å². The van der Waals surface area contributed by atoms with Crippen LogP contribution in [0.3, 0.4) is 0 Å². The number of benzene rings is 1. The Morgan fingerprint density at radius 3 is 2.53 bits per heavy atom. The molecular weight excluding hydrogens is 236 g/mol. The number of hydrogen-bond donors (Lipinski definition) is 2. The van der Waals surface area contributed by atoms with Gasteiger partial charge in [-0.1, -0.05) is 23.7 Å². The zero-order valence-corrected chi connectivity index (χ0v) is 10.6. The van der Waals surface area contributed by atoms with E-state index < -0.39 is 0 Å². The molecule has 4 heteroatoms. The summed E-state index contributed by atoms with van der Waals surface area (Å²) in [4.78, 5) is 12.0. The van der Waals surface area contributed by atoms with Crippen molar-refractivity contribution in [3.63, 3.8) is 0 Å². The van der Waals surface area contributed by atoms with Crippen molar-refractivity contribution in [2.24, 2.45) is 11.1 Å². The Morgan fingerprint density at radius 1 is 1.47 bits per heavy atom. The van der Waals surface area contributed by atoms with Crippen molar-refractivity contribution in [1.82, 2.24) is 5.32 Å². The number of nitrogens with one attached hydrogen (secondary N) is 1. The maximum absolute atomic E-state index is 12.0. The van der Waals surface area contributed by atoms with Crippen LogP contribution in [0.15, 0.2) is 24.3 Å². The monoisotopic (exact) mass is 252 g/mol. The summed E-state index contributed by atoms with van der Waals surface area (Å²) < 4.78 is 0. The third-order valence-corrected chi connectivity index (χ3v) is 3.70. The van der Waals surface area contributed by atoms with E-state index >= 15 is 0 Å². The fourth-order valence-electron chi connectivity index (χ4n) is 1.86. The van der Waals surface area contributed by atoms with Crippen LogP contribution in [-0.4, -0.2) is 12.5 Å². The molecule has 17 heavy (non-hydrogen) atoms. The first kappa shape index (κ1) is 12.4. The Balaban J connectivity index is 1.99. The van der Waals surface area contributed by atoms with Gasteiger partial charge in [0.25, 0.3) is 0 Å². The van der Waals surface area contributed by atoms with Crippen LogP contribution in [0.5, 0.6) is 0 Å². The number of nitrogens with two attached hydrogens (primary N) is 1. The summed E-state index contributed by atoms with van der Waals surface area (Å²) in [5.74, 6) is 0.0717. The molecule has 0 bridgehead atoms. The van der Waals surface area contributed by atoms with Crippen molar-refractivity contribution < 1.29 is 4.79 Å². The summed E-state index contributed by atoms with van der Waals surface area (Å²) in [6, 6.07) is 7.50. The minimum Gasteiger partial charge on any atom is -0.349 e. The molecule has 0 saturated heterocycles. The molecule has 0 heterocycles. The SMILES string of the molecule is CC(NC(=O)C1(CN)CC1)c1ccc(Cl)cc1. The number of carbonyl (C=O) groups is 1. The van der Waals surface area contributed by atoms with Crippen molar-refractivity contribution in [3.05, 3.63) is 34.9 Å². The van der Waals surface area contributed by atoms with E-state index in [0.717, 1.165) is 18.4 Å². The van der Waals surface area contributed by atoms with E-state index in [1.807, 2.05) is 31.2 Å². The summed E-state index contributed by atoms with van der Waals surface area (Å²) in [6.07, 6.45) is 1.81. The third kappa shape index (κ3) is 2.61. The Morgan fingerprint density at radius 2 is 2.06 bits per heavy atom. The minimum absolute atomic E-state index is 0.0104. The zero-order valence-electron chi connectivity index (χ0n) is 9.87. The Hall–Kier alpha value is -1.06. The second-order valence-corrected chi connectivity index (χ2v) is 5.17. The highest BCUT2D eigenvalue weighted by molar-refractivity contribution is 6.30. The molecule has 1 unspecified atom stereocenters. The molecule has 1 aliphatic carbocycles. The summed E-state index contributed by atoms with van der Waals surface area (Å²) in [7, 11) is 0. The molecular formula is C13H17ClN2O. The van der Waals surface area contributed by atoms with Gasteiger partial charge in [0.05, 0.1) is 11.5 Å². The Labute approximate surface area is 106 Å². The summed E-state index contributed by atoms with van der Waals surface area (Å²) in [5, 5.41) is 3.71. The molecule has 1 saturated carbocycles. The van der Waals surface area contributed by atoms with Crippen LogP contribution in [0.2, 0.25) is 5.02 Å². The summed E-state index contributed by atoms with van der Waals surface area (Å²) in [5.41, 5.74) is 6.39. The lowest BCUT2D eigenvalue weighted by Crippen LogP contribution is -2.37. The van der Waals surface area contributed by atoms with Crippen LogP contribution < -0.4 is 11.1 Å². The number of amides is 1. The van der Waals surface area contributed by atoms with E-state index in [2.05, 4.69) is 5.32 Å². The van der Waals surface area contributed by atoms with E-state index in [9.17, 15) is 4.79 Å². The van der Waals surface area contributed by atoms with Gasteiger partial charge >= 0.3 is 0 Å². The Kier molecular flexibility index (Phi) is 3.40. The molecule has 1 aromatic rings. The van der Waals surface area contributed by atoms with Crippen LogP contribution in [0, 0.1) is 5.41 Å². The fraction of sp³-hybridized carbons (Fsp3) is 0.462. The van der Waals surface area contributed by atoms with Gasteiger partial charge in [-0.3, -0.25) is 4.79 Å². The zero-order chi connectivity index (χ0) is 12.5. The summed E-state index contributed by atoms with van der Waals surface area (Å²) in [6.45, 7) is 2.40. The highest BCUT2D eigenvalue weighted by atomic mass is 35.5. The molecule has 1 fully saturated rings. The number of hydrogen-bond acceptors (Lipinski definition) is 2. The van der Waals surface area contributed by atoms with Gasteiger partial charge in [-0.15, -0.1) is 0 Å². The third-order valence-electron chi connectivity index (χ3n) is 3.44. The van der Waals surface area contributed by atoms with Crippen LogP contribution in [0.1, 0.15) is 31.4 Å². The first-order valence-corrected chi connectivity index (χ1v) is 6.22. The van der Waals surface area contributed by atoms with Gasteiger partial charge in [-0.25, -0.2) is 0 Å². The lowest BCUT2D eigenvalue weighted by Gasteiger charge is -2.18. The van der Waals surface area contributed by atoms with Crippen molar-refractivity contribution in [3.8, 4) is 0 Å². The highest BCUT2D eigenvalue weighted by Gasteiger charge is 2.48. The highest BCUT2D eigenvalue weighted by Crippen LogP contribution is 2.45. The molecule has 92 valence electrons. The van der Waals surface area contributed by atoms with Crippen LogP contribution in [0.4, 0.5) is 0 Å². The maximum atomic E-state index is 12.0. The average molecular weight is 253 g/mol. The van der Waals surface area contributed by atoms with Gasteiger partial charge in [0.2, 0.25) is 5.91 Å². The van der Waals surface area contributed by atoms with Crippen LogP contribution >= 0.6 is 11.6 Å². The van der Waals surface area contributed by atoms with Gasteiger partial charge in [-0.2, -0.15) is 0 Å². The van der Waals surface area contributed by atoms with Crippen molar-refractivity contribution >= 4 is 17.5 Å². The second-order valence-electron chi connectivity index (χ2n) is 4.73. The molecule has 0 aromatic heterocycles. The van der Waals surface area contributed by atoms with E-state index in [1.165, 1.54) is 0 Å². The normalized spacial score (nSPS) is 18.5. The lowest BCUT2D eigenvalue weighted by molar-refractivity contribution is -0.126. The number of rotatable bonds is 4. The molecule has 0 radical (unpaired) electrons. The molecule has 0 spiro atoms. The first-order valence-electron chi connectivity index (χ1n) is 5.84. The molecule has 1 atom stereocenters. The van der Waals surface area contributed by atoms with Crippen molar-refractivity contribution in [2.45, 2.75) is 25.8 Å². The van der Waals surface area contributed by atoms with E-state index in [4.69, 9.17) is 17.3 Å². The molecule has 1 amide bonds. The fourth-order valence-corrected chi connectivity index (χ4v) is 1.99. The number of halogens is 1. The van der Waals surface area contributed by atoms with Crippen LogP contribution in [-0.2, 0) is 4.79 Å². The maximum Gasteiger partial charge on any atom is 0.227 e. The predicted octanol–water partition coefficient (Wildman–Crippen LogP) is 2.26. The largest absolute Gasteiger partial charge is 0.349 e. The van der Waals surface area contributed by atoms with E-state index in [-0.39, 0.29) is 17.4 Å². The topological polar surface area (TPSA) is 55.1 Å². The van der Waals surface area contributed by atoms with Gasteiger partial charge in [0.15, 0.2) is 0 Å². The van der Waals surface area contributed by atoms with Gasteiger partial charge in [-0.05, 0) is 37.5 Å². The van der Waals surface area contributed by atoms with E-state index in [1.54, 1.807) is 0 Å². The molecule has 3 nitrogen and oxygen atoms in total. The molecule has 3 N–H and O–H groups in total. The quantitative estimate of drug-likeness (QED) is 0.864. The van der Waals surface area contributed by atoms with Crippen LogP contribution in [0.25, 0.3) is 0 Å². The van der Waals surface area contributed by atoms with Crippen molar-refractivity contribution in [2.75, 3.05) is 6.54 Å². The first-order chi connectivity index (χ1) is 8.07. The minimum atomic E-state index is -0.291. The number of carbonyl (C=O) groups excluding carboxylic acids is 1. The van der Waals surface area contributed by atoms with Gasteiger partial charge in [0, 0.05) is 11.6 Å². The average Bonchev–Trinajstić information content (AvgIpc) is 3.10. The molecule has 0 aliphatic heterocycles. The predicted molar refractivity (Wildman–Crippen MR) is 68.7 cm³/mol. The van der Waals surface area contributed by atoms with Gasteiger partial charge in [0.1, 0.15) is 0 Å². The molecule has 2 rings (SSSR count). The summed E-state index contributed by atoms with van der Waals surface area (Å²) >= 11 is 5.82.